The summed E-state index contributed by atoms with van der Waals surface area (Å²) < 4.78 is 25.3. The van der Waals surface area contributed by atoms with Gasteiger partial charge in [-0.2, -0.15) is 4.98 Å². The van der Waals surface area contributed by atoms with Crippen LogP contribution in [0.1, 0.15) is 13.3 Å². The number of anilines is 3. The molecule has 0 saturated carbocycles. The van der Waals surface area contributed by atoms with Crippen molar-refractivity contribution in [1.29, 1.82) is 0 Å². The van der Waals surface area contributed by atoms with E-state index >= 15 is 0 Å². The summed E-state index contributed by atoms with van der Waals surface area (Å²) >= 11 is 1.64. The summed E-state index contributed by atoms with van der Waals surface area (Å²) in [6, 6.07) is 10.8. The lowest BCUT2D eigenvalue weighted by molar-refractivity contribution is 0.0378. The van der Waals surface area contributed by atoms with Crippen molar-refractivity contribution in [3.63, 3.8) is 0 Å². The maximum atomic E-state index is 12.8. The fraction of sp³-hybridized carbons (Fsp3) is 0.360. The lowest BCUT2D eigenvalue weighted by atomic mass is 10.2. The first-order chi connectivity index (χ1) is 17.9. The Kier molecular flexibility index (Phi) is 9.34. The van der Waals surface area contributed by atoms with Crippen LogP contribution in [-0.4, -0.2) is 77.0 Å². The molecule has 1 aliphatic heterocycles. The highest BCUT2D eigenvalue weighted by Crippen LogP contribution is 2.31. The van der Waals surface area contributed by atoms with E-state index < -0.39 is 15.8 Å². The van der Waals surface area contributed by atoms with E-state index in [4.69, 9.17) is 14.5 Å². The fourth-order valence-electron chi connectivity index (χ4n) is 3.76. The number of morpholine rings is 1. The third-order valence-electron chi connectivity index (χ3n) is 5.64. The Balaban J connectivity index is 1.42. The molecule has 12 heteroatoms. The van der Waals surface area contributed by atoms with Crippen LogP contribution in [-0.2, 0) is 19.2 Å². The second-order valence-corrected chi connectivity index (χ2v) is 11.3. The van der Waals surface area contributed by atoms with Gasteiger partial charge in [-0.3, -0.25) is 4.90 Å². The Morgan fingerprint density at radius 1 is 1.24 bits per heavy atom. The predicted octanol–water partition coefficient (Wildman–Crippen LogP) is 3.82. The van der Waals surface area contributed by atoms with E-state index in [9.17, 15) is 9.00 Å². The quantitative estimate of drug-likeness (QED) is 0.245. The van der Waals surface area contributed by atoms with Crippen LogP contribution >= 0.6 is 11.3 Å². The van der Waals surface area contributed by atoms with E-state index in [-0.39, 0.29) is 6.61 Å². The van der Waals surface area contributed by atoms with Crippen molar-refractivity contribution >= 4 is 50.5 Å². The number of aromatic nitrogens is 2. The SMILES string of the molecule is C=S(=O)(NC(=O)OCC)c1ccc(Nc2ncc(-c3cccs3)c(NCCCN3CCOCC3)n2)cc1. The van der Waals surface area contributed by atoms with Crippen molar-refractivity contribution in [2.75, 3.05) is 56.6 Å². The summed E-state index contributed by atoms with van der Waals surface area (Å²) in [6.45, 7) is 7.19. The van der Waals surface area contributed by atoms with Gasteiger partial charge in [0.15, 0.2) is 0 Å². The van der Waals surface area contributed by atoms with Crippen molar-refractivity contribution in [2.45, 2.75) is 18.2 Å². The highest BCUT2D eigenvalue weighted by Gasteiger charge is 2.14. The lowest BCUT2D eigenvalue weighted by Crippen LogP contribution is -2.37. The monoisotopic (exact) mass is 544 g/mol. The number of benzene rings is 1. The number of rotatable bonds is 11. The van der Waals surface area contributed by atoms with E-state index in [1.807, 2.05) is 17.6 Å². The molecule has 2 aromatic heterocycles. The molecule has 1 saturated heterocycles. The van der Waals surface area contributed by atoms with E-state index in [1.54, 1.807) is 42.5 Å². The van der Waals surface area contributed by atoms with Crippen molar-refractivity contribution in [1.82, 2.24) is 19.6 Å². The Hall–Kier alpha value is -3.19. The molecule has 0 radical (unpaired) electrons. The van der Waals surface area contributed by atoms with E-state index in [2.05, 4.69) is 37.2 Å². The molecule has 1 fully saturated rings. The maximum Gasteiger partial charge on any atom is 0.418 e. The number of carbonyl (C=O) groups excluding carboxylic acids is 1. The maximum absolute atomic E-state index is 12.8. The number of hydrogen-bond donors (Lipinski definition) is 3. The zero-order chi connectivity index (χ0) is 26.1. The highest BCUT2D eigenvalue weighted by atomic mass is 32.2. The lowest BCUT2D eigenvalue weighted by Gasteiger charge is -2.26. The molecule has 4 rings (SSSR count). The molecule has 1 amide bonds. The molecule has 0 spiro atoms. The number of thiophene rings is 1. The standard InChI is InChI=1S/C25H32N6O4S2/c1-3-35-25(32)30-37(2,33)20-9-7-19(8-10-20)28-24-27-18-21(22-6-4-17-36-22)23(29-24)26-11-5-12-31-13-15-34-16-14-31/h4,6-10,17-18H,2-3,5,11-16H2,1H3,(H,30,32,33)(H2,26,27,28,29). The fourth-order valence-corrected chi connectivity index (χ4v) is 5.52. The van der Waals surface area contributed by atoms with Gasteiger partial charge in [0, 0.05) is 41.3 Å². The van der Waals surface area contributed by atoms with E-state index in [0.717, 1.165) is 62.1 Å². The summed E-state index contributed by atoms with van der Waals surface area (Å²) in [6.07, 6.45) is 2.03. The summed E-state index contributed by atoms with van der Waals surface area (Å²) in [5.41, 5.74) is 1.65. The Morgan fingerprint density at radius 2 is 2.03 bits per heavy atom. The summed E-state index contributed by atoms with van der Waals surface area (Å²) in [4.78, 5) is 24.8. The highest BCUT2D eigenvalue weighted by molar-refractivity contribution is 7.99. The van der Waals surface area contributed by atoms with Gasteiger partial charge < -0.3 is 20.1 Å². The first-order valence-electron chi connectivity index (χ1n) is 12.1. The zero-order valence-corrected chi connectivity index (χ0v) is 22.4. The predicted molar refractivity (Wildman–Crippen MR) is 149 cm³/mol. The molecule has 1 aliphatic rings. The molecule has 10 nitrogen and oxygen atoms in total. The molecule has 198 valence electrons. The minimum Gasteiger partial charge on any atom is -0.449 e. The van der Waals surface area contributed by atoms with Gasteiger partial charge in [0.2, 0.25) is 5.95 Å². The molecule has 0 aliphatic carbocycles. The molecule has 3 N–H and O–H groups in total. The molecular formula is C25H32N6O4S2. The van der Waals surface area contributed by atoms with E-state index in [1.165, 1.54) is 0 Å². The number of carbonyl (C=O) groups is 1. The molecule has 37 heavy (non-hydrogen) atoms. The van der Waals surface area contributed by atoms with Crippen LogP contribution in [0.3, 0.4) is 0 Å². The average molecular weight is 545 g/mol. The van der Waals surface area contributed by atoms with Crippen LogP contribution in [0.15, 0.2) is 52.9 Å². The van der Waals surface area contributed by atoms with Crippen molar-refractivity contribution < 1.29 is 18.5 Å². The smallest absolute Gasteiger partial charge is 0.418 e. The van der Waals surface area contributed by atoms with Crippen molar-refractivity contribution in [3.05, 3.63) is 48.0 Å². The third-order valence-corrected chi connectivity index (χ3v) is 8.07. The van der Waals surface area contributed by atoms with Gasteiger partial charge in [-0.05, 0) is 61.5 Å². The minimum absolute atomic E-state index is 0.181. The second kappa shape index (κ2) is 12.9. The molecule has 0 bridgehead atoms. The topological polar surface area (TPSA) is 118 Å². The molecule has 1 aromatic carbocycles. The first kappa shape index (κ1) is 26.9. The van der Waals surface area contributed by atoms with Gasteiger partial charge in [0.05, 0.1) is 35.1 Å². The summed E-state index contributed by atoms with van der Waals surface area (Å²) in [5.74, 6) is 4.84. The normalized spacial score (nSPS) is 15.5. The van der Waals surface area contributed by atoms with Gasteiger partial charge in [-0.1, -0.05) is 6.07 Å². The van der Waals surface area contributed by atoms with Gasteiger partial charge in [-0.15, -0.1) is 11.3 Å². The Bertz CT molecular complexity index is 1260. The van der Waals surface area contributed by atoms with Gasteiger partial charge in [0.1, 0.15) is 5.82 Å². The average Bonchev–Trinajstić information content (AvgIpc) is 3.42. The molecular weight excluding hydrogens is 512 g/mol. The number of ether oxygens (including phenoxy) is 2. The molecule has 1 atom stereocenters. The van der Waals surface area contributed by atoms with Crippen LogP contribution < -0.4 is 15.4 Å². The van der Waals surface area contributed by atoms with Crippen LogP contribution in [0.25, 0.3) is 10.4 Å². The zero-order valence-electron chi connectivity index (χ0n) is 20.8. The third kappa shape index (κ3) is 7.65. The van der Waals surface area contributed by atoms with Gasteiger partial charge in [-0.25, -0.2) is 18.7 Å². The first-order valence-corrected chi connectivity index (χ1v) is 14.7. The largest absolute Gasteiger partial charge is 0.449 e. The number of hydrogen-bond acceptors (Lipinski definition) is 10. The Labute approximate surface area is 221 Å². The molecule has 1 unspecified atom stereocenters. The summed E-state index contributed by atoms with van der Waals surface area (Å²) in [5, 5.41) is 8.71. The van der Waals surface area contributed by atoms with E-state index in [0.29, 0.717) is 16.5 Å². The van der Waals surface area contributed by atoms with Crippen molar-refractivity contribution in [3.8, 4) is 10.4 Å². The van der Waals surface area contributed by atoms with Crippen molar-refractivity contribution in [2.24, 2.45) is 0 Å². The molecule has 3 heterocycles. The van der Waals surface area contributed by atoms with Crippen LogP contribution in [0.4, 0.5) is 22.2 Å². The number of amides is 1. The minimum atomic E-state index is -3.03. The van der Waals surface area contributed by atoms with Crippen LogP contribution in [0.5, 0.6) is 0 Å². The van der Waals surface area contributed by atoms with Crippen LogP contribution in [0.2, 0.25) is 0 Å². The van der Waals surface area contributed by atoms with Gasteiger partial charge >= 0.3 is 6.09 Å². The Morgan fingerprint density at radius 3 is 2.73 bits per heavy atom. The number of nitrogens with zero attached hydrogens (tertiary/aromatic N) is 3. The number of nitrogens with one attached hydrogen (secondary N) is 3. The summed E-state index contributed by atoms with van der Waals surface area (Å²) in [7, 11) is -3.03. The second-order valence-electron chi connectivity index (χ2n) is 8.31. The van der Waals surface area contributed by atoms with Crippen LogP contribution in [0, 0.1) is 0 Å². The molecule has 3 aromatic rings. The van der Waals surface area contributed by atoms with Gasteiger partial charge in [0.25, 0.3) is 0 Å².